The van der Waals surface area contributed by atoms with Crippen molar-refractivity contribution >= 4 is 48.2 Å². The zero-order chi connectivity index (χ0) is 20.6. The maximum absolute atomic E-state index is 13.3. The summed E-state index contributed by atoms with van der Waals surface area (Å²) in [4.78, 5) is 17.9. The zero-order valence-corrected chi connectivity index (χ0v) is 15.9. The Morgan fingerprint density at radius 3 is 2.69 bits per heavy atom. The van der Waals surface area contributed by atoms with Gasteiger partial charge in [0, 0.05) is 22.0 Å². The normalized spacial score (nSPS) is 12.0. The lowest BCUT2D eigenvalue weighted by Gasteiger charge is -2.12. The third kappa shape index (κ3) is 3.83. The lowest BCUT2D eigenvalue weighted by Crippen LogP contribution is -2.17. The van der Waals surface area contributed by atoms with E-state index in [1.807, 2.05) is 6.07 Å². The molecule has 4 rings (SSSR count). The molecule has 0 aliphatic heterocycles. The summed E-state index contributed by atoms with van der Waals surface area (Å²) in [7, 11) is 0. The second kappa shape index (κ2) is 7.49. The van der Waals surface area contributed by atoms with E-state index in [0.717, 1.165) is 12.5 Å². The third-order valence-electron chi connectivity index (χ3n) is 4.39. The van der Waals surface area contributed by atoms with Crippen LogP contribution >= 0.6 is 11.3 Å². The minimum atomic E-state index is -4.83. The number of nitrogens with one attached hydrogen (secondary N) is 1. The summed E-state index contributed by atoms with van der Waals surface area (Å²) in [6.45, 7) is 1.11. The van der Waals surface area contributed by atoms with Crippen molar-refractivity contribution in [2.75, 3.05) is 18.4 Å². The number of halogens is 3. The van der Waals surface area contributed by atoms with Crippen molar-refractivity contribution < 1.29 is 17.9 Å². The summed E-state index contributed by atoms with van der Waals surface area (Å²) >= 11 is 1.30. The number of hydrogen-bond donors (Lipinski definition) is 2. The maximum atomic E-state index is 13.3. The van der Waals surface area contributed by atoms with E-state index in [0.29, 0.717) is 44.6 Å². The SMILES string of the molecule is NCCCNc1nc2ccccc2c2c(=O)c3cc(OC(F)(F)F)ccc3sc12. The number of nitrogens with zero attached hydrogens (tertiary/aromatic N) is 1. The van der Waals surface area contributed by atoms with Crippen LogP contribution in [0.4, 0.5) is 19.0 Å². The Labute approximate surface area is 166 Å². The number of fused-ring (bicyclic) bond motifs is 4. The first-order chi connectivity index (χ1) is 13.9. The van der Waals surface area contributed by atoms with Crippen LogP contribution < -0.4 is 21.2 Å². The van der Waals surface area contributed by atoms with Gasteiger partial charge in [-0.05, 0) is 37.2 Å². The summed E-state index contributed by atoms with van der Waals surface area (Å²) in [6, 6.07) is 11.0. The third-order valence-corrected chi connectivity index (χ3v) is 5.57. The molecule has 0 bridgehead atoms. The van der Waals surface area contributed by atoms with Gasteiger partial charge in [-0.3, -0.25) is 4.79 Å². The molecule has 0 unspecified atom stereocenters. The summed E-state index contributed by atoms with van der Waals surface area (Å²) in [6.07, 6.45) is -4.09. The number of para-hydroxylation sites is 1. The Hall–Kier alpha value is -2.91. The van der Waals surface area contributed by atoms with Crippen LogP contribution in [0.1, 0.15) is 6.42 Å². The van der Waals surface area contributed by atoms with Crippen molar-refractivity contribution in [3.8, 4) is 5.75 Å². The summed E-state index contributed by atoms with van der Waals surface area (Å²) in [5.74, 6) is 0.139. The monoisotopic (exact) mass is 419 g/mol. The Morgan fingerprint density at radius 1 is 1.14 bits per heavy atom. The van der Waals surface area contributed by atoms with Crippen molar-refractivity contribution in [2.45, 2.75) is 12.8 Å². The molecule has 0 amide bonds. The predicted octanol–water partition coefficient (Wildman–Crippen LogP) is 4.62. The Morgan fingerprint density at radius 2 is 1.93 bits per heavy atom. The standard InChI is InChI=1S/C20H16F3N3O2S/c21-20(22,23)28-11-6-7-15-13(10-11)17(27)16-12-4-1-2-5-14(12)26-19(18(16)29-15)25-9-3-8-24/h1-2,4-7,10H,3,8-9,24H2,(H,25,26). The second-order valence-corrected chi connectivity index (χ2v) is 7.44. The molecule has 5 nitrogen and oxygen atoms in total. The number of hydrogen-bond acceptors (Lipinski definition) is 6. The molecule has 0 saturated heterocycles. The van der Waals surface area contributed by atoms with Crippen LogP contribution in [0, 0.1) is 0 Å². The van der Waals surface area contributed by atoms with Crippen molar-refractivity contribution in [2.24, 2.45) is 5.73 Å². The van der Waals surface area contributed by atoms with Gasteiger partial charge in [0.25, 0.3) is 0 Å². The molecule has 0 aliphatic rings. The molecule has 0 atom stereocenters. The average Bonchev–Trinajstić information content (AvgIpc) is 2.67. The number of anilines is 1. The van der Waals surface area contributed by atoms with Crippen molar-refractivity contribution in [1.29, 1.82) is 0 Å². The van der Waals surface area contributed by atoms with Crippen LogP contribution in [0.15, 0.2) is 47.3 Å². The number of ether oxygens (including phenoxy) is 1. The smallest absolute Gasteiger partial charge is 0.406 e. The number of rotatable bonds is 5. The van der Waals surface area contributed by atoms with Gasteiger partial charge in [0.2, 0.25) is 0 Å². The topological polar surface area (TPSA) is 77.2 Å². The maximum Gasteiger partial charge on any atom is 0.573 e. The molecular weight excluding hydrogens is 403 g/mol. The second-order valence-electron chi connectivity index (χ2n) is 6.39. The van der Waals surface area contributed by atoms with Crippen molar-refractivity contribution in [1.82, 2.24) is 4.98 Å². The van der Waals surface area contributed by atoms with E-state index in [1.165, 1.54) is 23.5 Å². The van der Waals surface area contributed by atoms with Crippen LogP contribution in [-0.4, -0.2) is 24.4 Å². The lowest BCUT2D eigenvalue weighted by atomic mass is 10.1. The van der Waals surface area contributed by atoms with Crippen molar-refractivity contribution in [3.63, 3.8) is 0 Å². The van der Waals surface area contributed by atoms with Gasteiger partial charge in [-0.1, -0.05) is 18.2 Å². The first kappa shape index (κ1) is 19.4. The number of aromatic nitrogens is 1. The molecule has 0 radical (unpaired) electrons. The molecule has 150 valence electrons. The number of nitrogens with two attached hydrogens (primary N) is 1. The minimum absolute atomic E-state index is 0.175. The molecule has 3 N–H and O–H groups in total. The van der Waals surface area contributed by atoms with E-state index >= 15 is 0 Å². The molecule has 4 aromatic rings. The predicted molar refractivity (Wildman–Crippen MR) is 110 cm³/mol. The first-order valence-corrected chi connectivity index (χ1v) is 9.68. The van der Waals surface area contributed by atoms with E-state index < -0.39 is 12.1 Å². The molecule has 2 aromatic heterocycles. The molecule has 0 saturated carbocycles. The van der Waals surface area contributed by atoms with Crippen LogP contribution in [-0.2, 0) is 0 Å². The van der Waals surface area contributed by atoms with Gasteiger partial charge in [-0.25, -0.2) is 4.98 Å². The Balaban J connectivity index is 2.00. The quantitative estimate of drug-likeness (QED) is 0.280. The highest BCUT2D eigenvalue weighted by Crippen LogP contribution is 2.35. The fourth-order valence-electron chi connectivity index (χ4n) is 3.17. The van der Waals surface area contributed by atoms with E-state index in [-0.39, 0.29) is 10.8 Å². The highest BCUT2D eigenvalue weighted by Gasteiger charge is 2.31. The summed E-state index contributed by atoms with van der Waals surface area (Å²) < 4.78 is 42.9. The molecule has 9 heteroatoms. The highest BCUT2D eigenvalue weighted by atomic mass is 32.1. The van der Waals surface area contributed by atoms with Crippen LogP contribution in [0.2, 0.25) is 0 Å². The van der Waals surface area contributed by atoms with Gasteiger partial charge in [0.05, 0.1) is 15.6 Å². The van der Waals surface area contributed by atoms with Gasteiger partial charge in [0.15, 0.2) is 5.43 Å². The highest BCUT2D eigenvalue weighted by molar-refractivity contribution is 7.25. The molecular formula is C20H16F3N3O2S. The van der Waals surface area contributed by atoms with E-state index in [1.54, 1.807) is 18.2 Å². The van der Waals surface area contributed by atoms with Crippen LogP contribution in [0.5, 0.6) is 5.75 Å². The number of benzene rings is 2. The summed E-state index contributed by atoms with van der Waals surface area (Å²) in [5, 5.41) is 4.47. The van der Waals surface area contributed by atoms with Gasteiger partial charge >= 0.3 is 6.36 Å². The number of alkyl halides is 3. The molecule has 29 heavy (non-hydrogen) atoms. The van der Waals surface area contributed by atoms with Gasteiger partial charge < -0.3 is 15.8 Å². The number of pyridine rings is 1. The van der Waals surface area contributed by atoms with E-state index in [4.69, 9.17) is 5.73 Å². The Bertz CT molecular complexity index is 1270. The first-order valence-electron chi connectivity index (χ1n) is 8.86. The zero-order valence-electron chi connectivity index (χ0n) is 15.0. The summed E-state index contributed by atoms with van der Waals surface area (Å²) in [5.41, 5.74) is 5.82. The molecule has 0 aliphatic carbocycles. The molecule has 2 heterocycles. The fourth-order valence-corrected chi connectivity index (χ4v) is 4.30. The van der Waals surface area contributed by atoms with E-state index in [9.17, 15) is 18.0 Å². The molecule has 0 fully saturated rings. The van der Waals surface area contributed by atoms with Crippen LogP contribution in [0.25, 0.3) is 31.1 Å². The largest absolute Gasteiger partial charge is 0.573 e. The minimum Gasteiger partial charge on any atom is -0.406 e. The van der Waals surface area contributed by atoms with Gasteiger partial charge in [-0.2, -0.15) is 0 Å². The van der Waals surface area contributed by atoms with Crippen molar-refractivity contribution in [3.05, 3.63) is 52.7 Å². The molecule has 0 spiro atoms. The van der Waals surface area contributed by atoms with Gasteiger partial charge in [0.1, 0.15) is 11.6 Å². The average molecular weight is 419 g/mol. The lowest BCUT2D eigenvalue weighted by molar-refractivity contribution is -0.274. The van der Waals surface area contributed by atoms with Crippen LogP contribution in [0.3, 0.4) is 0 Å². The Kier molecular flexibility index (Phi) is 5.01. The fraction of sp³-hybridized carbons (Fsp3) is 0.200. The molecule has 2 aromatic carbocycles. The van der Waals surface area contributed by atoms with E-state index in [2.05, 4.69) is 15.0 Å². The van der Waals surface area contributed by atoms with Gasteiger partial charge in [-0.15, -0.1) is 24.5 Å².